The lowest BCUT2D eigenvalue weighted by Gasteiger charge is -2.46. The van der Waals surface area contributed by atoms with Crippen LogP contribution in [0.1, 0.15) is 79.6 Å². The second-order valence-electron chi connectivity index (χ2n) is 35.7. The van der Waals surface area contributed by atoms with Crippen molar-refractivity contribution >= 4 is 0 Å². The Bertz CT molecular complexity index is 3540. The minimum absolute atomic E-state index is 0.0293. The lowest BCUT2D eigenvalue weighted by molar-refractivity contribution is -0.692. The molecule has 0 aliphatic carbocycles. The third kappa shape index (κ3) is 38.2. The Balaban J connectivity index is 0.000000341. The zero-order valence-electron chi connectivity index (χ0n) is 83.1. The molecule has 8 aliphatic heterocycles. The third-order valence-corrected chi connectivity index (χ3v) is 25.5. The molecule has 0 bridgehead atoms. The van der Waals surface area contributed by atoms with Crippen molar-refractivity contribution in [2.45, 2.75) is 324 Å². The molecule has 8 heterocycles. The zero-order valence-corrected chi connectivity index (χ0v) is 83.1. The monoisotopic (exact) mass is 2120 g/mol. The summed E-state index contributed by atoms with van der Waals surface area (Å²) in [4.78, 5) is -0.558. The number of hydrazine groups is 4. The molecule has 8 saturated heterocycles. The van der Waals surface area contributed by atoms with Crippen LogP contribution in [0.4, 0.5) is 0 Å². The quantitative estimate of drug-likeness (QED) is 0.0116. The highest BCUT2D eigenvalue weighted by Gasteiger charge is 2.57. The first-order chi connectivity index (χ1) is 69.3. The van der Waals surface area contributed by atoms with Gasteiger partial charge in [-0.05, 0) is 159 Å². The standard InChI is InChI=1S/C23H48N6O11.C20H41N5O11.C20H40N4O11.C18H37N5O11/c1-14-17(31)18(32)22(16(13-30)38-14)40-23-20(34)19(33)21(37-2)15(39-23)12-28(29(36)27-35)11-5-10-26-9-4-8-25-7-3-6-24;1-11-14(27)15(28)19(13(10-26)34-11)36-20-17(30)16(29)18(33-2)12(35-20)9-24(25(32)23-31)8-4-7-22-6-3-5-21;1-4-6-21-7-5-8-23(24(31)22-30)9-12-18(32-3)16(28)17(29)20(34-12)35-19-13(10-25)33-11(2)14(26)15(19)27;1-9-12(25)13(26)17(11(8-24)32-9)34-18-15(28)14(27)16(31-2)10(33-18)7-22(23(30)21-29)6-5-20-4-3-19/h14-23,25-26,30-35H,3-13,24H2,1-2H3;11-20,22,26-31H,3-10,21H2,1-2H3;11-21,25-30H,4-10H2,1-3H3;9-18,20,24-29H,3-8,19H2,1-2H3/p-4/b29-27-;25-23-;24-22-;23-21-/t14-,15-,16-,17+,18-,19-,20-,21-,22?,23-;2*11-,12-,13-,14+,15-,16-,17-,18-,19?,20-;9-,10-,11-,12+,13-,14-,15-,16-,17?,18-/m1111/s1. The minimum Gasteiger partial charge on any atom is -0.737 e. The maximum absolute atomic E-state index is 12.2. The number of nitrogens with two attached hydrogens (primary N) is 3. The Morgan fingerprint density at radius 3 is 0.697 bits per heavy atom. The van der Waals surface area contributed by atoms with Crippen molar-refractivity contribution in [3.05, 3.63) is 41.7 Å². The summed E-state index contributed by atoms with van der Waals surface area (Å²) in [6, 6.07) is 0. The van der Waals surface area contributed by atoms with Gasteiger partial charge in [-0.3, -0.25) is 0 Å². The van der Waals surface area contributed by atoms with Gasteiger partial charge in [0.1, 0.15) is 222 Å². The molecule has 0 saturated carbocycles. The fourth-order valence-corrected chi connectivity index (χ4v) is 17.3. The zero-order chi connectivity index (χ0) is 108. The predicted molar refractivity (Wildman–Crippen MR) is 493 cm³/mol. The predicted octanol–water partition coefficient (Wildman–Crippen LogP) is -14.4. The molecule has 0 amide bonds. The summed E-state index contributed by atoms with van der Waals surface area (Å²) in [5, 5.41) is 328. The van der Waals surface area contributed by atoms with E-state index < -0.39 is 271 Å². The second kappa shape index (κ2) is 68.3. The largest absolute Gasteiger partial charge is 0.737 e. The average molecular weight is 2120 g/mol. The topological polar surface area (TPSA) is 949 Å². The molecular weight excluding hydrogens is 1960 g/mol. The third-order valence-electron chi connectivity index (χ3n) is 25.5. The summed E-state index contributed by atoms with van der Waals surface area (Å²) in [7, 11) is 5.09. The Kier molecular flexibility index (Phi) is 61.1. The van der Waals surface area contributed by atoms with Crippen molar-refractivity contribution in [1.82, 2.24) is 46.6 Å². The number of nitrogens with zero attached hydrogens (tertiary/aromatic N) is 12. The number of aliphatic hydroxyl groups is 20. The SMILES string of the molecule is CCCNCCCN(C[C@H]1O[C@H](OC2[C@@H](CO)O[C@H](C)[C@H](O)[C@H]2O)[C@H](O)[C@@H](O)[C@@H]1OC)/[N+]([O-])=N/[O-].CO[C@H]1[C@H](O)[C@@H](O)[C@@H](OC2[C@@H](CO)O[C@H](C)[C@H](O)[C@H]2O)O[C@@H]1CN(CCCNCCCN)/[N+]([O-])=N/[O-].CO[C@H]1[C@H](O)[C@@H](O)[C@@H](OC2[C@@H](CO)O[C@H](C)[C@H](O)[C@H]2O)O[C@@H]1CN(CCCNCCCNCCCN)/[N+]([O-])=N/[O-].CO[C@H]1[C@H](O)[C@@H](O)[C@@H](OC2[C@@H](CO)O[C@H](C)[C@H](O)[C@H]2O)O[C@@H]1CN(CCNCCN)/[N+]([O-])=N/[O-]. The van der Waals surface area contributed by atoms with Gasteiger partial charge in [-0.15, -0.1) is 20.0 Å². The van der Waals surface area contributed by atoms with Gasteiger partial charge in [0.05, 0.1) is 77.0 Å². The normalized spacial score (nSPS) is 37.5. The van der Waals surface area contributed by atoms with E-state index >= 15 is 0 Å². The summed E-state index contributed by atoms with van der Waals surface area (Å²) in [6.45, 7) is 13.2. The van der Waals surface area contributed by atoms with E-state index in [1.54, 1.807) is 0 Å². The molecule has 64 nitrogen and oxygen atoms in total. The van der Waals surface area contributed by atoms with Crippen molar-refractivity contribution in [3.63, 3.8) is 0 Å². The maximum Gasteiger partial charge on any atom is 0.187 e. The lowest BCUT2D eigenvalue weighted by Crippen LogP contribution is -2.65. The van der Waals surface area contributed by atoms with E-state index in [1.807, 2.05) is 6.92 Å². The molecule has 8 rings (SSSR count). The average Bonchev–Trinajstić information content (AvgIpc) is 0.791. The van der Waals surface area contributed by atoms with Crippen molar-refractivity contribution < 1.29 is 198 Å². The lowest BCUT2D eigenvalue weighted by atomic mass is 9.94. The first kappa shape index (κ1) is 130. The number of ether oxygens (including phenoxy) is 16. The summed E-state index contributed by atoms with van der Waals surface area (Å²) < 4.78 is 88.9. The molecule has 64 heteroatoms. The number of aliphatic hydroxyl groups excluding tert-OH is 20. The Morgan fingerprint density at radius 2 is 0.483 bits per heavy atom. The van der Waals surface area contributed by atoms with Gasteiger partial charge in [-0.1, -0.05) is 6.92 Å². The van der Waals surface area contributed by atoms with Crippen LogP contribution in [0.5, 0.6) is 0 Å². The summed E-state index contributed by atoms with van der Waals surface area (Å²) in [5.74, 6) is 0. The van der Waals surface area contributed by atoms with Gasteiger partial charge < -0.3 is 263 Å². The van der Waals surface area contributed by atoms with E-state index in [4.69, 9.17) is 93.0 Å². The van der Waals surface area contributed by atoms with Crippen molar-refractivity contribution in [2.24, 2.45) is 38.3 Å². The number of nitrogens with one attached hydrogen (secondary N) is 5. The van der Waals surface area contributed by atoms with Crippen LogP contribution >= 0.6 is 0 Å². The van der Waals surface area contributed by atoms with Gasteiger partial charge in [-0.25, -0.2) is 0 Å². The molecule has 0 aromatic carbocycles. The number of hydrogen-bond donors (Lipinski definition) is 28. The van der Waals surface area contributed by atoms with E-state index in [1.165, 1.54) is 56.1 Å². The van der Waals surface area contributed by atoms with E-state index in [0.29, 0.717) is 71.6 Å². The Labute approximate surface area is 838 Å². The van der Waals surface area contributed by atoms with Gasteiger partial charge in [0.25, 0.3) is 0 Å². The van der Waals surface area contributed by atoms with Crippen LogP contribution in [0, 0.1) is 41.7 Å². The molecule has 145 heavy (non-hydrogen) atoms. The van der Waals surface area contributed by atoms with E-state index in [2.05, 4.69) is 47.7 Å². The highest BCUT2D eigenvalue weighted by atomic mass is 16.8. The highest BCUT2D eigenvalue weighted by Crippen LogP contribution is 2.37. The molecule has 4 unspecified atom stereocenters. The Hall–Kier alpha value is -5.76. The molecule has 854 valence electrons. The number of methoxy groups -OCH3 is 4. The molecule has 0 aromatic rings. The first-order valence-electron chi connectivity index (χ1n) is 48.4. The molecular formula is C81H162N20O44-4. The smallest absolute Gasteiger partial charge is 0.187 e. The molecule has 8 fully saturated rings. The molecule has 0 aromatic heterocycles. The van der Waals surface area contributed by atoms with Crippen LogP contribution in [0.3, 0.4) is 0 Å². The number of rotatable bonds is 57. The van der Waals surface area contributed by atoms with Crippen molar-refractivity contribution in [2.75, 3.05) is 192 Å². The van der Waals surface area contributed by atoms with E-state index in [-0.39, 0.29) is 78.8 Å². The molecule has 0 spiro atoms. The number of hydrogen-bond acceptors (Lipinski definition) is 56. The van der Waals surface area contributed by atoms with Gasteiger partial charge in [-0.2, -0.15) is 0 Å². The van der Waals surface area contributed by atoms with Crippen LogP contribution in [0.2, 0.25) is 0 Å². The molecule has 8 aliphatic rings. The van der Waals surface area contributed by atoms with Gasteiger partial charge in [0.2, 0.25) is 0 Å². The molecule has 31 N–H and O–H groups in total. The fraction of sp³-hybridized carbons (Fsp3) is 1.00. The van der Waals surface area contributed by atoms with Gasteiger partial charge >= 0.3 is 0 Å². The fourth-order valence-electron chi connectivity index (χ4n) is 17.3. The van der Waals surface area contributed by atoms with Gasteiger partial charge in [0, 0.05) is 68.0 Å². The second-order valence-corrected chi connectivity index (χ2v) is 35.7. The van der Waals surface area contributed by atoms with Crippen molar-refractivity contribution in [3.8, 4) is 0 Å². The van der Waals surface area contributed by atoms with Crippen LogP contribution < -0.4 is 43.8 Å². The minimum atomic E-state index is -1.66. The van der Waals surface area contributed by atoms with Crippen LogP contribution in [0.25, 0.3) is 0 Å². The van der Waals surface area contributed by atoms with Crippen LogP contribution in [-0.2, 0) is 75.8 Å². The first-order valence-corrected chi connectivity index (χ1v) is 48.4. The summed E-state index contributed by atoms with van der Waals surface area (Å²) >= 11 is 0. The summed E-state index contributed by atoms with van der Waals surface area (Å²) in [5.41, 5.74) is 16.3. The van der Waals surface area contributed by atoms with Crippen LogP contribution in [-0.4, -0.2) is 579 Å². The van der Waals surface area contributed by atoms with E-state index in [0.717, 1.165) is 71.9 Å². The van der Waals surface area contributed by atoms with Crippen molar-refractivity contribution in [1.29, 1.82) is 0 Å². The molecule has 40 atom stereocenters. The van der Waals surface area contributed by atoms with E-state index in [9.17, 15) is 144 Å². The van der Waals surface area contributed by atoms with Crippen LogP contribution in [0.15, 0.2) is 21.1 Å². The Morgan fingerprint density at radius 1 is 0.269 bits per heavy atom. The summed E-state index contributed by atoms with van der Waals surface area (Å²) in [6.07, 6.45) is -46.7. The highest BCUT2D eigenvalue weighted by molar-refractivity contribution is 5.02. The maximum atomic E-state index is 12.2. The van der Waals surface area contributed by atoms with Gasteiger partial charge in [0.15, 0.2) is 25.2 Å². The molecule has 0 radical (unpaired) electrons.